The monoisotopic (exact) mass is 327 g/mol. The van der Waals surface area contributed by atoms with Gasteiger partial charge in [-0.1, -0.05) is 0 Å². The number of hydrogen-bond acceptors (Lipinski definition) is 4. The molecular formula is C18H25N5O. The van der Waals surface area contributed by atoms with Crippen LogP contribution in [-0.4, -0.2) is 44.1 Å². The molecule has 0 amide bonds. The van der Waals surface area contributed by atoms with E-state index in [-0.39, 0.29) is 6.61 Å². The van der Waals surface area contributed by atoms with Gasteiger partial charge >= 0.3 is 0 Å². The first-order chi connectivity index (χ1) is 11.6. The average molecular weight is 327 g/mol. The van der Waals surface area contributed by atoms with Crippen LogP contribution in [0.1, 0.15) is 41.4 Å². The van der Waals surface area contributed by atoms with Gasteiger partial charge in [0.2, 0.25) is 0 Å². The minimum absolute atomic E-state index is 0.117. The SMILES string of the molecule is Cc1c(CN2CCC[C@@H](c3ccn(CCO)n3)C2)cc(C#N)n1C. The molecule has 0 unspecified atom stereocenters. The summed E-state index contributed by atoms with van der Waals surface area (Å²) in [6, 6.07) is 6.34. The van der Waals surface area contributed by atoms with E-state index in [4.69, 9.17) is 5.11 Å². The zero-order valence-electron chi connectivity index (χ0n) is 14.4. The highest BCUT2D eigenvalue weighted by molar-refractivity contribution is 5.34. The van der Waals surface area contributed by atoms with E-state index in [1.807, 2.05) is 28.6 Å². The summed E-state index contributed by atoms with van der Waals surface area (Å²) in [7, 11) is 1.95. The van der Waals surface area contributed by atoms with Gasteiger partial charge in [0.05, 0.1) is 18.8 Å². The number of rotatable bonds is 5. The van der Waals surface area contributed by atoms with Crippen LogP contribution in [0.5, 0.6) is 0 Å². The molecule has 0 radical (unpaired) electrons. The molecule has 3 rings (SSSR count). The Kier molecular flexibility index (Phi) is 5.03. The topological polar surface area (TPSA) is 70.0 Å². The molecule has 1 fully saturated rings. The molecule has 128 valence electrons. The third kappa shape index (κ3) is 3.37. The van der Waals surface area contributed by atoms with Crippen LogP contribution < -0.4 is 0 Å². The van der Waals surface area contributed by atoms with E-state index in [9.17, 15) is 5.26 Å². The first-order valence-electron chi connectivity index (χ1n) is 8.54. The third-order valence-electron chi connectivity index (χ3n) is 5.06. The first-order valence-corrected chi connectivity index (χ1v) is 8.54. The summed E-state index contributed by atoms with van der Waals surface area (Å²) < 4.78 is 3.78. The molecule has 0 aromatic carbocycles. The summed E-state index contributed by atoms with van der Waals surface area (Å²) in [5.74, 6) is 0.443. The van der Waals surface area contributed by atoms with E-state index in [0.29, 0.717) is 12.5 Å². The van der Waals surface area contributed by atoms with Crippen molar-refractivity contribution < 1.29 is 5.11 Å². The molecule has 0 spiro atoms. The maximum Gasteiger partial charge on any atom is 0.120 e. The highest BCUT2D eigenvalue weighted by Gasteiger charge is 2.24. The molecule has 2 aromatic rings. The van der Waals surface area contributed by atoms with Crippen LogP contribution in [0.4, 0.5) is 0 Å². The number of likely N-dealkylation sites (tertiary alicyclic amines) is 1. The third-order valence-corrected chi connectivity index (χ3v) is 5.06. The zero-order valence-corrected chi connectivity index (χ0v) is 14.4. The summed E-state index contributed by atoms with van der Waals surface area (Å²) in [4.78, 5) is 2.46. The molecule has 1 aliphatic rings. The zero-order chi connectivity index (χ0) is 17.1. The molecule has 3 heterocycles. The average Bonchev–Trinajstić information content (AvgIpc) is 3.16. The summed E-state index contributed by atoms with van der Waals surface area (Å²) in [5.41, 5.74) is 4.25. The van der Waals surface area contributed by atoms with Crippen LogP contribution >= 0.6 is 0 Å². The van der Waals surface area contributed by atoms with Gasteiger partial charge in [-0.05, 0) is 44.0 Å². The van der Waals surface area contributed by atoms with E-state index in [1.165, 1.54) is 11.3 Å². The number of nitriles is 1. The molecule has 1 atom stereocenters. The Morgan fingerprint density at radius 2 is 2.29 bits per heavy atom. The Labute approximate surface area is 142 Å². The minimum atomic E-state index is 0.117. The lowest BCUT2D eigenvalue weighted by atomic mass is 9.94. The lowest BCUT2D eigenvalue weighted by Gasteiger charge is -2.32. The van der Waals surface area contributed by atoms with E-state index >= 15 is 0 Å². The highest BCUT2D eigenvalue weighted by atomic mass is 16.3. The Morgan fingerprint density at radius 1 is 1.46 bits per heavy atom. The maximum atomic E-state index is 9.19. The Hall–Kier alpha value is -2.10. The Bertz CT molecular complexity index is 739. The van der Waals surface area contributed by atoms with Gasteiger partial charge in [-0.3, -0.25) is 9.58 Å². The van der Waals surface area contributed by atoms with Crippen molar-refractivity contribution in [3.8, 4) is 6.07 Å². The predicted molar refractivity (Wildman–Crippen MR) is 91.4 cm³/mol. The fourth-order valence-electron chi connectivity index (χ4n) is 3.53. The standard InChI is InChI=1S/C18H25N5O/c1-14-16(10-17(11-19)21(14)2)13-22-6-3-4-15(12-22)18-5-7-23(20-18)8-9-24/h5,7,10,15,24H,3-4,6,8-9,12-13H2,1-2H3/t15-/m1/s1. The molecule has 1 N–H and O–H groups in total. The molecule has 24 heavy (non-hydrogen) atoms. The quantitative estimate of drug-likeness (QED) is 0.909. The summed E-state index contributed by atoms with van der Waals surface area (Å²) in [5, 5.41) is 22.8. The number of hydrogen-bond donors (Lipinski definition) is 1. The van der Waals surface area contributed by atoms with Gasteiger partial charge in [-0.15, -0.1) is 0 Å². The van der Waals surface area contributed by atoms with E-state index < -0.39 is 0 Å². The number of aliphatic hydroxyl groups is 1. The van der Waals surface area contributed by atoms with Crippen LogP contribution in [0.2, 0.25) is 0 Å². The largest absolute Gasteiger partial charge is 0.394 e. The van der Waals surface area contributed by atoms with Gasteiger partial charge < -0.3 is 9.67 Å². The van der Waals surface area contributed by atoms with Gasteiger partial charge in [0.15, 0.2) is 0 Å². The van der Waals surface area contributed by atoms with Crippen molar-refractivity contribution in [1.29, 1.82) is 5.26 Å². The van der Waals surface area contributed by atoms with Crippen molar-refractivity contribution in [1.82, 2.24) is 19.2 Å². The molecule has 1 aliphatic heterocycles. The Morgan fingerprint density at radius 3 is 3.00 bits per heavy atom. The smallest absolute Gasteiger partial charge is 0.120 e. The minimum Gasteiger partial charge on any atom is -0.394 e. The normalized spacial score (nSPS) is 18.7. The summed E-state index contributed by atoms with van der Waals surface area (Å²) in [6.45, 7) is 5.71. The highest BCUT2D eigenvalue weighted by Crippen LogP contribution is 2.27. The molecule has 0 aliphatic carbocycles. The lowest BCUT2D eigenvalue weighted by Crippen LogP contribution is -2.34. The van der Waals surface area contributed by atoms with Crippen LogP contribution in [0.25, 0.3) is 0 Å². The van der Waals surface area contributed by atoms with E-state index in [1.54, 1.807) is 0 Å². The number of piperidine rings is 1. The molecule has 6 nitrogen and oxygen atoms in total. The molecule has 0 bridgehead atoms. The second-order valence-electron chi connectivity index (χ2n) is 6.61. The van der Waals surface area contributed by atoms with E-state index in [2.05, 4.69) is 29.1 Å². The van der Waals surface area contributed by atoms with Crippen LogP contribution in [0.3, 0.4) is 0 Å². The predicted octanol–water partition coefficient (Wildman–Crippen LogP) is 1.77. The molecule has 2 aromatic heterocycles. The molecule has 0 saturated carbocycles. The van der Waals surface area contributed by atoms with Crippen LogP contribution in [0.15, 0.2) is 18.3 Å². The van der Waals surface area contributed by atoms with Gasteiger partial charge in [0.25, 0.3) is 0 Å². The summed E-state index contributed by atoms with van der Waals surface area (Å²) in [6.07, 6.45) is 4.27. The first kappa shape index (κ1) is 16.7. The van der Waals surface area contributed by atoms with Gasteiger partial charge in [0, 0.05) is 37.9 Å². The number of nitrogens with zero attached hydrogens (tertiary/aromatic N) is 5. The van der Waals surface area contributed by atoms with Crippen molar-refractivity contribution in [3.05, 3.63) is 41.0 Å². The lowest BCUT2D eigenvalue weighted by molar-refractivity contribution is 0.197. The fraction of sp³-hybridized carbons (Fsp3) is 0.556. The molecule has 6 heteroatoms. The fourth-order valence-corrected chi connectivity index (χ4v) is 3.53. The van der Waals surface area contributed by atoms with Gasteiger partial charge in [0.1, 0.15) is 11.8 Å². The van der Waals surface area contributed by atoms with E-state index in [0.717, 1.165) is 43.9 Å². The van der Waals surface area contributed by atoms with Crippen molar-refractivity contribution >= 4 is 0 Å². The van der Waals surface area contributed by atoms with Crippen molar-refractivity contribution in [2.75, 3.05) is 19.7 Å². The van der Waals surface area contributed by atoms with Gasteiger partial charge in [-0.25, -0.2) is 0 Å². The second kappa shape index (κ2) is 7.20. The number of aromatic nitrogens is 3. The number of aliphatic hydroxyl groups excluding tert-OH is 1. The van der Waals surface area contributed by atoms with Crippen molar-refractivity contribution in [3.63, 3.8) is 0 Å². The summed E-state index contributed by atoms with van der Waals surface area (Å²) >= 11 is 0. The molecule has 1 saturated heterocycles. The van der Waals surface area contributed by atoms with Crippen LogP contribution in [0, 0.1) is 18.3 Å². The second-order valence-corrected chi connectivity index (χ2v) is 6.61. The molecular weight excluding hydrogens is 302 g/mol. The van der Waals surface area contributed by atoms with Crippen molar-refractivity contribution in [2.24, 2.45) is 7.05 Å². The maximum absolute atomic E-state index is 9.19. The van der Waals surface area contributed by atoms with Crippen LogP contribution in [-0.2, 0) is 20.1 Å². The Balaban J connectivity index is 1.68. The van der Waals surface area contributed by atoms with Gasteiger partial charge in [-0.2, -0.15) is 10.4 Å². The van der Waals surface area contributed by atoms with Crippen molar-refractivity contribution in [2.45, 2.75) is 38.8 Å².